The van der Waals surface area contributed by atoms with Crippen molar-refractivity contribution in [1.29, 1.82) is 5.26 Å². The van der Waals surface area contributed by atoms with Crippen LogP contribution in [0.1, 0.15) is 21.5 Å². The van der Waals surface area contributed by atoms with Gasteiger partial charge >= 0.3 is 6.18 Å². The van der Waals surface area contributed by atoms with E-state index in [-0.39, 0.29) is 17.1 Å². The second-order valence-electron chi connectivity index (χ2n) is 5.45. The smallest absolute Gasteiger partial charge is 0.305 e. The van der Waals surface area contributed by atoms with Gasteiger partial charge in [0.1, 0.15) is 5.82 Å². The van der Waals surface area contributed by atoms with Gasteiger partial charge in [-0.05, 0) is 42.5 Å². The molecular formula is C18H10F4N4O. The van der Waals surface area contributed by atoms with Gasteiger partial charge in [0.2, 0.25) is 0 Å². The monoisotopic (exact) mass is 374 g/mol. The molecule has 1 N–H and O–H groups in total. The molecule has 0 bridgehead atoms. The molecule has 1 amide bonds. The first-order chi connectivity index (χ1) is 12.8. The summed E-state index contributed by atoms with van der Waals surface area (Å²) in [6, 6.07) is 10.9. The predicted molar refractivity (Wildman–Crippen MR) is 87.6 cm³/mol. The van der Waals surface area contributed by atoms with Gasteiger partial charge in [-0.1, -0.05) is 0 Å². The van der Waals surface area contributed by atoms with Crippen LogP contribution in [0.15, 0.2) is 54.7 Å². The zero-order valence-corrected chi connectivity index (χ0v) is 13.5. The van der Waals surface area contributed by atoms with E-state index in [0.29, 0.717) is 0 Å². The maximum atomic E-state index is 13.1. The molecule has 27 heavy (non-hydrogen) atoms. The number of alkyl halides is 3. The minimum absolute atomic E-state index is 0.0728. The number of nitriles is 1. The molecule has 0 aliphatic heterocycles. The molecule has 3 rings (SSSR count). The van der Waals surface area contributed by atoms with Crippen molar-refractivity contribution in [3.8, 4) is 11.8 Å². The third kappa shape index (κ3) is 3.95. The zero-order valence-electron chi connectivity index (χ0n) is 13.5. The standard InChI is InChI=1S/C18H10F4N4O/c19-13-4-1-11(2-5-13)17(27)24-16-7-8-26(25-16)14-6-3-12(10-23)15(9-14)18(20,21)22/h1-9H,(H,24,25,27). The first kappa shape index (κ1) is 18.1. The highest BCUT2D eigenvalue weighted by atomic mass is 19.4. The topological polar surface area (TPSA) is 70.7 Å². The highest BCUT2D eigenvalue weighted by molar-refractivity contribution is 6.03. The third-order valence-corrected chi connectivity index (χ3v) is 3.63. The van der Waals surface area contributed by atoms with Crippen LogP contribution in [0.25, 0.3) is 5.69 Å². The van der Waals surface area contributed by atoms with Gasteiger partial charge in [0.15, 0.2) is 5.82 Å². The molecule has 0 fully saturated rings. The van der Waals surface area contributed by atoms with Crippen molar-refractivity contribution in [2.45, 2.75) is 6.18 Å². The fourth-order valence-corrected chi connectivity index (χ4v) is 2.33. The van der Waals surface area contributed by atoms with Gasteiger partial charge in [-0.25, -0.2) is 9.07 Å². The van der Waals surface area contributed by atoms with Gasteiger partial charge < -0.3 is 5.32 Å². The molecule has 9 heteroatoms. The summed E-state index contributed by atoms with van der Waals surface area (Å²) in [5.74, 6) is -0.935. The van der Waals surface area contributed by atoms with E-state index in [9.17, 15) is 22.4 Å². The number of hydrogen-bond donors (Lipinski definition) is 1. The van der Waals surface area contributed by atoms with Gasteiger partial charge in [-0.3, -0.25) is 4.79 Å². The SMILES string of the molecule is N#Cc1ccc(-n2ccc(NC(=O)c3ccc(F)cc3)n2)cc1C(F)(F)F. The lowest BCUT2D eigenvalue weighted by Gasteiger charge is -2.10. The van der Waals surface area contributed by atoms with E-state index < -0.39 is 29.0 Å². The highest BCUT2D eigenvalue weighted by Crippen LogP contribution is 2.33. The Balaban J connectivity index is 1.85. The number of aromatic nitrogens is 2. The van der Waals surface area contributed by atoms with Crippen LogP contribution in [-0.2, 0) is 6.18 Å². The second-order valence-corrected chi connectivity index (χ2v) is 5.45. The molecule has 0 aliphatic carbocycles. The molecule has 0 atom stereocenters. The number of rotatable bonds is 3. The summed E-state index contributed by atoms with van der Waals surface area (Å²) >= 11 is 0. The molecule has 0 radical (unpaired) electrons. The van der Waals surface area contributed by atoms with Crippen molar-refractivity contribution < 1.29 is 22.4 Å². The van der Waals surface area contributed by atoms with E-state index in [2.05, 4.69) is 10.4 Å². The lowest BCUT2D eigenvalue weighted by molar-refractivity contribution is -0.137. The number of anilines is 1. The molecule has 0 spiro atoms. The number of hydrogen-bond acceptors (Lipinski definition) is 3. The van der Waals surface area contributed by atoms with E-state index in [1.54, 1.807) is 0 Å². The van der Waals surface area contributed by atoms with Crippen LogP contribution < -0.4 is 5.32 Å². The van der Waals surface area contributed by atoms with Crippen LogP contribution in [0, 0.1) is 17.1 Å². The van der Waals surface area contributed by atoms with Gasteiger partial charge in [0.25, 0.3) is 5.91 Å². The summed E-state index contributed by atoms with van der Waals surface area (Å²) in [5, 5.41) is 15.3. The van der Waals surface area contributed by atoms with Crippen molar-refractivity contribution in [2.75, 3.05) is 5.32 Å². The van der Waals surface area contributed by atoms with Crippen molar-refractivity contribution in [3.05, 3.63) is 77.2 Å². The number of amides is 1. The van der Waals surface area contributed by atoms with Crippen LogP contribution >= 0.6 is 0 Å². The molecule has 3 aromatic rings. The molecule has 0 aliphatic rings. The summed E-state index contributed by atoms with van der Waals surface area (Å²) in [4.78, 5) is 12.1. The fourth-order valence-electron chi connectivity index (χ4n) is 2.33. The Hall–Kier alpha value is -3.67. The minimum atomic E-state index is -4.69. The molecule has 0 unspecified atom stereocenters. The van der Waals surface area contributed by atoms with Gasteiger partial charge in [-0.15, -0.1) is 0 Å². The van der Waals surface area contributed by atoms with Crippen molar-refractivity contribution in [3.63, 3.8) is 0 Å². The molecule has 136 valence electrons. The summed E-state index contributed by atoms with van der Waals surface area (Å²) in [6.07, 6.45) is -3.32. The van der Waals surface area contributed by atoms with Crippen LogP contribution in [0.4, 0.5) is 23.4 Å². The van der Waals surface area contributed by atoms with Crippen LogP contribution in [0.3, 0.4) is 0 Å². The van der Waals surface area contributed by atoms with Crippen LogP contribution in [0.2, 0.25) is 0 Å². The Labute approximate surface area is 150 Å². The number of halogens is 4. The third-order valence-electron chi connectivity index (χ3n) is 3.63. The van der Waals surface area contributed by atoms with Crippen molar-refractivity contribution >= 4 is 11.7 Å². The zero-order chi connectivity index (χ0) is 19.6. The van der Waals surface area contributed by atoms with Crippen molar-refractivity contribution in [2.24, 2.45) is 0 Å². The van der Waals surface area contributed by atoms with Gasteiger partial charge in [0.05, 0.1) is 22.9 Å². The maximum Gasteiger partial charge on any atom is 0.417 e. The summed E-state index contributed by atoms with van der Waals surface area (Å²) in [6.45, 7) is 0. The summed E-state index contributed by atoms with van der Waals surface area (Å²) in [7, 11) is 0. The molecule has 1 heterocycles. The molecule has 0 saturated carbocycles. The minimum Gasteiger partial charge on any atom is -0.305 e. The quantitative estimate of drug-likeness (QED) is 0.700. The Bertz CT molecular complexity index is 1030. The molecule has 1 aromatic heterocycles. The Morgan fingerprint density at radius 3 is 2.44 bits per heavy atom. The van der Waals surface area contributed by atoms with E-state index >= 15 is 0 Å². The first-order valence-corrected chi connectivity index (χ1v) is 7.52. The van der Waals surface area contributed by atoms with E-state index in [4.69, 9.17) is 5.26 Å². The number of carbonyl (C=O) groups excluding carboxylic acids is 1. The highest BCUT2D eigenvalue weighted by Gasteiger charge is 2.34. The largest absolute Gasteiger partial charge is 0.417 e. The maximum absolute atomic E-state index is 13.1. The summed E-state index contributed by atoms with van der Waals surface area (Å²) < 4.78 is 53.2. The lowest BCUT2D eigenvalue weighted by atomic mass is 10.1. The van der Waals surface area contributed by atoms with Crippen molar-refractivity contribution in [1.82, 2.24) is 9.78 Å². The molecule has 5 nitrogen and oxygen atoms in total. The number of nitrogens with one attached hydrogen (secondary N) is 1. The van der Waals surface area contributed by atoms with Gasteiger partial charge in [0, 0.05) is 17.8 Å². The van der Waals surface area contributed by atoms with E-state index in [1.807, 2.05) is 0 Å². The number of carbonyl (C=O) groups is 1. The number of benzene rings is 2. The number of nitrogens with zero attached hydrogens (tertiary/aromatic N) is 3. The first-order valence-electron chi connectivity index (χ1n) is 7.52. The summed E-state index contributed by atoms with van der Waals surface area (Å²) in [5.41, 5.74) is -1.30. The van der Waals surface area contributed by atoms with Crippen LogP contribution in [-0.4, -0.2) is 15.7 Å². The molecular weight excluding hydrogens is 364 g/mol. The lowest BCUT2D eigenvalue weighted by Crippen LogP contribution is -2.13. The Morgan fingerprint density at radius 1 is 1.11 bits per heavy atom. The molecule has 2 aromatic carbocycles. The second kappa shape index (κ2) is 6.92. The van der Waals surface area contributed by atoms with Crippen LogP contribution in [0.5, 0.6) is 0 Å². The average molecular weight is 374 g/mol. The Morgan fingerprint density at radius 2 is 1.81 bits per heavy atom. The van der Waals surface area contributed by atoms with E-state index in [1.165, 1.54) is 36.5 Å². The van der Waals surface area contributed by atoms with E-state index in [0.717, 1.165) is 28.9 Å². The fraction of sp³-hybridized carbons (Fsp3) is 0.0556. The molecule has 0 saturated heterocycles. The Kier molecular flexibility index (Phi) is 4.64. The average Bonchev–Trinajstić information content (AvgIpc) is 3.09. The normalized spacial score (nSPS) is 11.1. The van der Waals surface area contributed by atoms with Gasteiger partial charge in [-0.2, -0.15) is 23.5 Å². The predicted octanol–water partition coefficient (Wildman–Crippen LogP) is 4.15.